The van der Waals surface area contributed by atoms with Crippen molar-refractivity contribution < 1.29 is 13.2 Å². The SMILES string of the molecule is C=C/C(=C\N=C)NS(=O)(=O)c1cc(-c2ccsc2)ccc1OC. The van der Waals surface area contributed by atoms with Crippen LogP contribution in [0, 0.1) is 0 Å². The number of aliphatic imine (C=N–C) groups is 1. The number of benzene rings is 1. The molecule has 0 fully saturated rings. The van der Waals surface area contributed by atoms with E-state index in [0.29, 0.717) is 0 Å². The lowest BCUT2D eigenvalue weighted by Crippen LogP contribution is -2.22. The Morgan fingerprint density at radius 1 is 1.35 bits per heavy atom. The summed E-state index contributed by atoms with van der Waals surface area (Å²) in [6.07, 6.45) is 2.63. The lowest BCUT2D eigenvalue weighted by atomic mass is 10.1. The first-order valence-electron chi connectivity index (χ1n) is 6.53. The molecule has 0 spiro atoms. The van der Waals surface area contributed by atoms with Crippen LogP contribution in [0.25, 0.3) is 11.1 Å². The smallest absolute Gasteiger partial charge is 0.265 e. The molecule has 5 nitrogen and oxygen atoms in total. The van der Waals surface area contributed by atoms with E-state index in [9.17, 15) is 8.42 Å². The highest BCUT2D eigenvalue weighted by Gasteiger charge is 2.21. The van der Waals surface area contributed by atoms with Gasteiger partial charge in [-0.05, 0) is 52.9 Å². The molecule has 0 saturated heterocycles. The highest BCUT2D eigenvalue weighted by atomic mass is 32.2. The summed E-state index contributed by atoms with van der Waals surface area (Å²) in [5.74, 6) is 0.256. The highest BCUT2D eigenvalue weighted by Crippen LogP contribution is 2.31. The molecular weight excluding hydrogens is 332 g/mol. The standard InChI is InChI=1S/C16H16N2O3S2/c1-4-14(10-17-2)18-23(19,20)16-9-12(5-6-15(16)21-3)13-7-8-22-11-13/h4-11,18H,1-2H2,3H3/b14-10+. The van der Waals surface area contributed by atoms with Gasteiger partial charge < -0.3 is 4.74 Å². The minimum atomic E-state index is -3.85. The number of hydrogen-bond donors (Lipinski definition) is 1. The van der Waals surface area contributed by atoms with Gasteiger partial charge in [0.05, 0.1) is 19.0 Å². The second-order valence-corrected chi connectivity index (χ2v) is 6.89. The van der Waals surface area contributed by atoms with E-state index in [0.717, 1.165) is 11.1 Å². The minimum absolute atomic E-state index is 0.0421. The van der Waals surface area contributed by atoms with Crippen molar-refractivity contribution in [2.24, 2.45) is 4.99 Å². The van der Waals surface area contributed by atoms with Gasteiger partial charge in [-0.3, -0.25) is 9.71 Å². The van der Waals surface area contributed by atoms with Crippen LogP contribution in [0.2, 0.25) is 0 Å². The number of thiophene rings is 1. The zero-order valence-electron chi connectivity index (χ0n) is 12.5. The molecule has 0 aliphatic carbocycles. The number of nitrogens with one attached hydrogen (secondary N) is 1. The number of allylic oxidation sites excluding steroid dienone is 1. The summed E-state index contributed by atoms with van der Waals surface area (Å²) in [5, 5.41) is 3.88. The average molecular weight is 348 g/mol. The van der Waals surface area contributed by atoms with E-state index in [2.05, 4.69) is 23.0 Å². The summed E-state index contributed by atoms with van der Waals surface area (Å²) in [6, 6.07) is 6.94. The third-order valence-corrected chi connectivity index (χ3v) is 5.10. The fourth-order valence-corrected chi connectivity index (χ4v) is 3.84. The minimum Gasteiger partial charge on any atom is -0.495 e. The van der Waals surface area contributed by atoms with Gasteiger partial charge in [0, 0.05) is 0 Å². The van der Waals surface area contributed by atoms with E-state index >= 15 is 0 Å². The van der Waals surface area contributed by atoms with Crippen molar-refractivity contribution in [1.29, 1.82) is 0 Å². The highest BCUT2D eigenvalue weighted by molar-refractivity contribution is 7.89. The van der Waals surface area contributed by atoms with Gasteiger partial charge in [0.25, 0.3) is 10.0 Å². The Bertz CT molecular complexity index is 838. The van der Waals surface area contributed by atoms with Crippen molar-refractivity contribution in [3.8, 4) is 16.9 Å². The van der Waals surface area contributed by atoms with Gasteiger partial charge in [-0.1, -0.05) is 12.6 Å². The molecule has 0 atom stereocenters. The Kier molecular flexibility index (Phi) is 5.36. The van der Waals surface area contributed by atoms with E-state index in [4.69, 9.17) is 4.74 Å². The van der Waals surface area contributed by atoms with Crippen LogP contribution in [0.3, 0.4) is 0 Å². The van der Waals surface area contributed by atoms with Crippen molar-refractivity contribution >= 4 is 28.1 Å². The number of ether oxygens (including phenoxy) is 1. The summed E-state index contributed by atoms with van der Waals surface area (Å²) in [5.41, 5.74) is 1.96. The summed E-state index contributed by atoms with van der Waals surface area (Å²) >= 11 is 1.54. The number of sulfonamides is 1. The lowest BCUT2D eigenvalue weighted by molar-refractivity contribution is 0.402. The molecule has 120 valence electrons. The summed E-state index contributed by atoms with van der Waals surface area (Å²) in [4.78, 5) is 3.59. The van der Waals surface area contributed by atoms with E-state index < -0.39 is 10.0 Å². The molecule has 1 heterocycles. The number of methoxy groups -OCH3 is 1. The molecule has 0 unspecified atom stereocenters. The number of rotatable bonds is 7. The van der Waals surface area contributed by atoms with Crippen LogP contribution in [-0.2, 0) is 10.0 Å². The van der Waals surface area contributed by atoms with Gasteiger partial charge in [-0.15, -0.1) is 0 Å². The van der Waals surface area contributed by atoms with Crippen LogP contribution in [0.1, 0.15) is 0 Å². The maximum atomic E-state index is 12.6. The monoisotopic (exact) mass is 348 g/mol. The first-order chi connectivity index (χ1) is 11.0. The first kappa shape index (κ1) is 17.0. The summed E-state index contributed by atoms with van der Waals surface area (Å²) in [6.45, 7) is 6.85. The number of nitrogens with zero attached hydrogens (tertiary/aromatic N) is 1. The Morgan fingerprint density at radius 3 is 2.70 bits per heavy atom. The second kappa shape index (κ2) is 7.26. The molecule has 0 amide bonds. The van der Waals surface area contributed by atoms with Crippen LogP contribution in [0.15, 0.2) is 69.5 Å². The Hall–Kier alpha value is -2.38. The van der Waals surface area contributed by atoms with Gasteiger partial charge in [0.2, 0.25) is 0 Å². The topological polar surface area (TPSA) is 67.8 Å². The molecule has 0 bridgehead atoms. The molecule has 7 heteroatoms. The van der Waals surface area contributed by atoms with Gasteiger partial charge >= 0.3 is 0 Å². The normalized spacial score (nSPS) is 11.8. The zero-order valence-corrected chi connectivity index (χ0v) is 14.2. The van der Waals surface area contributed by atoms with Crippen LogP contribution < -0.4 is 9.46 Å². The third kappa shape index (κ3) is 3.88. The van der Waals surface area contributed by atoms with Crippen LogP contribution in [0.4, 0.5) is 0 Å². The fourth-order valence-electron chi connectivity index (χ4n) is 1.92. The second-order valence-electron chi connectivity index (χ2n) is 4.45. The van der Waals surface area contributed by atoms with E-state index in [-0.39, 0.29) is 16.3 Å². The summed E-state index contributed by atoms with van der Waals surface area (Å²) in [7, 11) is -2.42. The third-order valence-electron chi connectivity index (χ3n) is 3.01. The maximum absolute atomic E-state index is 12.6. The predicted molar refractivity (Wildman–Crippen MR) is 94.5 cm³/mol. The Balaban J connectivity index is 2.51. The largest absolute Gasteiger partial charge is 0.495 e. The van der Waals surface area contributed by atoms with Crippen LogP contribution >= 0.6 is 11.3 Å². The van der Waals surface area contributed by atoms with Crippen molar-refractivity contribution in [2.45, 2.75) is 4.90 Å². The first-order valence-corrected chi connectivity index (χ1v) is 8.96. The fraction of sp³-hybridized carbons (Fsp3) is 0.0625. The van der Waals surface area contributed by atoms with Gasteiger partial charge in [-0.25, -0.2) is 8.42 Å². The lowest BCUT2D eigenvalue weighted by Gasteiger charge is -2.13. The molecule has 1 aromatic carbocycles. The zero-order chi connectivity index (χ0) is 16.9. The van der Waals surface area contributed by atoms with Crippen LogP contribution in [-0.4, -0.2) is 22.2 Å². The quantitative estimate of drug-likeness (QED) is 0.616. The van der Waals surface area contributed by atoms with Crippen LogP contribution in [0.5, 0.6) is 5.75 Å². The average Bonchev–Trinajstić information content (AvgIpc) is 3.08. The molecule has 0 aliphatic rings. The van der Waals surface area contributed by atoms with Crippen molar-refractivity contribution in [2.75, 3.05) is 7.11 Å². The molecular formula is C16H16N2O3S2. The molecule has 2 aromatic rings. The van der Waals surface area contributed by atoms with Gasteiger partial charge in [0.15, 0.2) is 0 Å². The molecule has 0 radical (unpaired) electrons. The van der Waals surface area contributed by atoms with Gasteiger partial charge in [-0.2, -0.15) is 11.3 Å². The maximum Gasteiger partial charge on any atom is 0.265 e. The van der Waals surface area contributed by atoms with E-state index in [1.54, 1.807) is 23.5 Å². The molecule has 23 heavy (non-hydrogen) atoms. The molecule has 2 rings (SSSR count). The van der Waals surface area contributed by atoms with Crippen molar-refractivity contribution in [1.82, 2.24) is 4.72 Å². The van der Waals surface area contributed by atoms with Crippen molar-refractivity contribution in [3.63, 3.8) is 0 Å². The number of hydrogen-bond acceptors (Lipinski definition) is 5. The predicted octanol–water partition coefficient (Wildman–Crippen LogP) is 3.43. The van der Waals surface area contributed by atoms with Crippen molar-refractivity contribution in [3.05, 3.63) is 59.6 Å². The summed E-state index contributed by atoms with van der Waals surface area (Å²) < 4.78 is 32.9. The Labute approximate surface area is 139 Å². The molecule has 0 aliphatic heterocycles. The van der Waals surface area contributed by atoms with E-state index in [1.807, 2.05) is 22.9 Å². The molecule has 1 N–H and O–H groups in total. The van der Waals surface area contributed by atoms with E-state index in [1.165, 1.54) is 19.4 Å². The molecule has 1 aromatic heterocycles. The molecule has 0 saturated carbocycles. The Morgan fingerprint density at radius 2 is 2.13 bits per heavy atom. The van der Waals surface area contributed by atoms with Gasteiger partial charge in [0.1, 0.15) is 10.6 Å².